The van der Waals surface area contributed by atoms with Gasteiger partial charge < -0.3 is 4.42 Å². The van der Waals surface area contributed by atoms with Crippen LogP contribution in [0, 0.1) is 13.8 Å². The average Bonchev–Trinajstić information content (AvgIpc) is 2.86. The lowest BCUT2D eigenvalue weighted by molar-refractivity contribution is 0.474. The van der Waals surface area contributed by atoms with E-state index in [9.17, 15) is 0 Å². The molecule has 16 heavy (non-hydrogen) atoms. The molecule has 0 radical (unpaired) electrons. The van der Waals surface area contributed by atoms with Gasteiger partial charge in [-0.05, 0) is 49.9 Å². The van der Waals surface area contributed by atoms with Crippen molar-refractivity contribution in [1.82, 2.24) is 4.98 Å². The summed E-state index contributed by atoms with van der Waals surface area (Å²) in [7, 11) is 0. The Morgan fingerprint density at radius 1 is 1.12 bits per heavy atom. The first-order valence-electron chi connectivity index (χ1n) is 6.12. The Hall–Kier alpha value is -1.31. The molecule has 0 unspecified atom stereocenters. The van der Waals surface area contributed by atoms with Gasteiger partial charge in [0.1, 0.15) is 5.52 Å². The number of hydrogen-bond donors (Lipinski definition) is 0. The summed E-state index contributed by atoms with van der Waals surface area (Å²) in [6.45, 7) is 4.24. The highest BCUT2D eigenvalue weighted by Gasteiger charge is 2.22. The maximum absolute atomic E-state index is 5.88. The molecule has 1 heterocycles. The number of hydrogen-bond acceptors (Lipinski definition) is 2. The summed E-state index contributed by atoms with van der Waals surface area (Å²) in [5, 5.41) is 0. The van der Waals surface area contributed by atoms with Gasteiger partial charge in [-0.25, -0.2) is 4.98 Å². The zero-order valence-corrected chi connectivity index (χ0v) is 9.92. The van der Waals surface area contributed by atoms with Crippen LogP contribution >= 0.6 is 0 Å². The van der Waals surface area contributed by atoms with Crippen molar-refractivity contribution >= 4 is 11.1 Å². The van der Waals surface area contributed by atoms with Gasteiger partial charge >= 0.3 is 0 Å². The summed E-state index contributed by atoms with van der Waals surface area (Å²) in [6.07, 6.45) is 5.12. The van der Waals surface area contributed by atoms with Gasteiger partial charge in [0, 0.05) is 5.92 Å². The van der Waals surface area contributed by atoms with Gasteiger partial charge in [0.25, 0.3) is 0 Å². The molecular weight excluding hydrogens is 198 g/mol. The molecule has 1 aromatic heterocycles. The predicted molar refractivity (Wildman–Crippen MR) is 64.7 cm³/mol. The number of fused-ring (bicyclic) bond motifs is 1. The molecule has 0 atom stereocenters. The van der Waals surface area contributed by atoms with Crippen LogP contribution in [0.1, 0.15) is 48.6 Å². The molecule has 0 bridgehead atoms. The van der Waals surface area contributed by atoms with Crippen LogP contribution in [0.2, 0.25) is 0 Å². The van der Waals surface area contributed by atoms with Crippen molar-refractivity contribution in [3.63, 3.8) is 0 Å². The Morgan fingerprint density at radius 2 is 1.81 bits per heavy atom. The molecule has 1 aromatic carbocycles. The summed E-state index contributed by atoms with van der Waals surface area (Å²) in [6, 6.07) is 4.24. The van der Waals surface area contributed by atoms with Crippen molar-refractivity contribution in [2.75, 3.05) is 0 Å². The molecule has 2 aromatic rings. The molecule has 0 amide bonds. The van der Waals surface area contributed by atoms with Gasteiger partial charge in [0.05, 0.1) is 0 Å². The maximum Gasteiger partial charge on any atom is 0.198 e. The first kappa shape index (κ1) is 9.88. The van der Waals surface area contributed by atoms with Gasteiger partial charge in [-0.3, -0.25) is 0 Å². The van der Waals surface area contributed by atoms with Gasteiger partial charge in [0.2, 0.25) is 0 Å². The molecule has 2 nitrogen and oxygen atoms in total. The largest absolute Gasteiger partial charge is 0.440 e. The monoisotopic (exact) mass is 215 g/mol. The maximum atomic E-state index is 5.88. The zero-order valence-electron chi connectivity index (χ0n) is 9.92. The smallest absolute Gasteiger partial charge is 0.198 e. The van der Waals surface area contributed by atoms with E-state index in [0.29, 0.717) is 5.92 Å². The number of oxazole rings is 1. The van der Waals surface area contributed by atoms with Crippen molar-refractivity contribution in [2.45, 2.75) is 45.4 Å². The van der Waals surface area contributed by atoms with Crippen LogP contribution in [0.4, 0.5) is 0 Å². The van der Waals surface area contributed by atoms with Crippen molar-refractivity contribution in [3.8, 4) is 0 Å². The van der Waals surface area contributed by atoms with Crippen molar-refractivity contribution in [3.05, 3.63) is 29.2 Å². The number of nitrogens with zero attached hydrogens (tertiary/aromatic N) is 1. The molecule has 0 spiro atoms. The minimum atomic E-state index is 0.563. The van der Waals surface area contributed by atoms with E-state index < -0.39 is 0 Å². The molecule has 2 heteroatoms. The summed E-state index contributed by atoms with van der Waals surface area (Å²) in [5.41, 5.74) is 4.54. The number of aromatic nitrogens is 1. The fourth-order valence-corrected chi connectivity index (χ4v) is 2.55. The minimum Gasteiger partial charge on any atom is -0.440 e. The van der Waals surface area contributed by atoms with Gasteiger partial charge in [0.15, 0.2) is 11.5 Å². The van der Waals surface area contributed by atoms with Crippen LogP contribution in [0.15, 0.2) is 16.5 Å². The number of aryl methyl sites for hydroxylation is 2. The van der Waals surface area contributed by atoms with Crippen LogP contribution in [0.3, 0.4) is 0 Å². The lowest BCUT2D eigenvalue weighted by atomic mass is 10.1. The lowest BCUT2D eigenvalue weighted by Gasteiger charge is -2.00. The fourth-order valence-electron chi connectivity index (χ4n) is 2.55. The van der Waals surface area contributed by atoms with E-state index in [1.807, 2.05) is 0 Å². The van der Waals surface area contributed by atoms with E-state index in [2.05, 4.69) is 31.0 Å². The molecule has 0 N–H and O–H groups in total. The van der Waals surface area contributed by atoms with E-state index in [4.69, 9.17) is 4.42 Å². The molecule has 1 aliphatic rings. The fraction of sp³-hybridized carbons (Fsp3) is 0.500. The van der Waals surface area contributed by atoms with E-state index in [0.717, 1.165) is 17.0 Å². The van der Waals surface area contributed by atoms with E-state index in [-0.39, 0.29) is 0 Å². The van der Waals surface area contributed by atoms with E-state index in [1.165, 1.54) is 36.8 Å². The second kappa shape index (κ2) is 3.62. The normalized spacial score (nSPS) is 17.4. The Bertz CT molecular complexity index is 482. The molecule has 1 fully saturated rings. The Morgan fingerprint density at radius 3 is 2.56 bits per heavy atom. The minimum absolute atomic E-state index is 0.563. The lowest BCUT2D eigenvalue weighted by Crippen LogP contribution is -1.90. The highest BCUT2D eigenvalue weighted by atomic mass is 16.3. The second-order valence-electron chi connectivity index (χ2n) is 4.94. The highest BCUT2D eigenvalue weighted by Crippen LogP contribution is 2.35. The predicted octanol–water partition coefficient (Wildman–Crippen LogP) is 4.10. The molecule has 1 saturated carbocycles. The molecule has 0 saturated heterocycles. The van der Waals surface area contributed by atoms with Crippen molar-refractivity contribution in [1.29, 1.82) is 0 Å². The zero-order chi connectivity index (χ0) is 11.1. The van der Waals surface area contributed by atoms with Crippen molar-refractivity contribution < 1.29 is 4.42 Å². The third-order valence-electron chi connectivity index (χ3n) is 3.72. The van der Waals surface area contributed by atoms with Crippen LogP contribution in [-0.4, -0.2) is 4.98 Å². The van der Waals surface area contributed by atoms with Crippen LogP contribution in [-0.2, 0) is 0 Å². The Balaban J connectivity index is 2.08. The molecular formula is C14H17NO. The van der Waals surface area contributed by atoms with Crippen LogP contribution in [0.5, 0.6) is 0 Å². The summed E-state index contributed by atoms with van der Waals surface area (Å²) >= 11 is 0. The summed E-state index contributed by atoms with van der Waals surface area (Å²) in [5.74, 6) is 1.52. The topological polar surface area (TPSA) is 26.0 Å². The van der Waals surface area contributed by atoms with Gasteiger partial charge in [-0.15, -0.1) is 0 Å². The quantitative estimate of drug-likeness (QED) is 0.715. The molecule has 84 valence electrons. The van der Waals surface area contributed by atoms with E-state index in [1.54, 1.807) is 0 Å². The number of rotatable bonds is 1. The second-order valence-corrected chi connectivity index (χ2v) is 4.94. The average molecular weight is 215 g/mol. The van der Waals surface area contributed by atoms with E-state index >= 15 is 0 Å². The number of benzene rings is 1. The first-order valence-corrected chi connectivity index (χ1v) is 6.12. The SMILES string of the molecule is Cc1cc2nc(C3CCCC3)oc2cc1C. The van der Waals surface area contributed by atoms with Gasteiger partial charge in [-0.2, -0.15) is 0 Å². The molecule has 0 aliphatic heterocycles. The molecule has 1 aliphatic carbocycles. The standard InChI is InChI=1S/C14H17NO/c1-9-7-12-13(8-10(9)2)16-14(15-12)11-5-3-4-6-11/h7-8,11H,3-6H2,1-2H3. The van der Waals surface area contributed by atoms with Gasteiger partial charge in [-0.1, -0.05) is 12.8 Å². The third-order valence-corrected chi connectivity index (χ3v) is 3.72. The van der Waals surface area contributed by atoms with Crippen molar-refractivity contribution in [2.24, 2.45) is 0 Å². The summed E-state index contributed by atoms with van der Waals surface area (Å²) in [4.78, 5) is 4.63. The Kier molecular flexibility index (Phi) is 2.23. The first-order chi connectivity index (χ1) is 7.74. The highest BCUT2D eigenvalue weighted by molar-refractivity contribution is 5.74. The third kappa shape index (κ3) is 1.53. The van der Waals surface area contributed by atoms with Crippen LogP contribution < -0.4 is 0 Å². The Labute approximate surface area is 95.7 Å². The summed E-state index contributed by atoms with van der Waals surface area (Å²) < 4.78 is 5.88. The molecule has 3 rings (SSSR count). The van der Waals surface area contributed by atoms with Crippen LogP contribution in [0.25, 0.3) is 11.1 Å².